The maximum Gasteiger partial charge on any atom is 0.271 e. The summed E-state index contributed by atoms with van der Waals surface area (Å²) in [5.74, 6) is -0.172. The van der Waals surface area contributed by atoms with Crippen molar-refractivity contribution in [2.24, 2.45) is 0 Å². The minimum atomic E-state index is -0.828. The van der Waals surface area contributed by atoms with Gasteiger partial charge in [0, 0.05) is 21.2 Å². The fourth-order valence-corrected chi connectivity index (χ4v) is 3.97. The number of fused-ring (bicyclic) bond motifs is 1. The summed E-state index contributed by atoms with van der Waals surface area (Å²) < 4.78 is 6.24. The van der Waals surface area contributed by atoms with E-state index in [4.69, 9.17) is 27.9 Å². The van der Waals surface area contributed by atoms with Crippen molar-refractivity contribution in [1.29, 1.82) is 0 Å². The zero-order valence-corrected chi connectivity index (χ0v) is 17.3. The zero-order valence-electron chi connectivity index (χ0n) is 15.8. The first-order chi connectivity index (χ1) is 14.1. The third-order valence-corrected chi connectivity index (χ3v) is 5.54. The average molecular weight is 427 g/mol. The maximum absolute atomic E-state index is 13.4. The van der Waals surface area contributed by atoms with Gasteiger partial charge in [0.15, 0.2) is 6.23 Å². The van der Waals surface area contributed by atoms with Gasteiger partial charge in [-0.25, -0.2) is 0 Å². The van der Waals surface area contributed by atoms with Crippen molar-refractivity contribution in [2.45, 2.75) is 18.9 Å². The largest absolute Gasteiger partial charge is 0.341 e. The Balaban J connectivity index is 1.87. The number of carbonyl (C=O) groups is 1. The van der Waals surface area contributed by atoms with Crippen LogP contribution in [-0.2, 0) is 16.1 Å². The van der Waals surface area contributed by atoms with Crippen molar-refractivity contribution in [3.63, 3.8) is 0 Å². The number of carbonyl (C=O) groups excluding carboxylic acids is 1. The van der Waals surface area contributed by atoms with Gasteiger partial charge in [-0.3, -0.25) is 10.1 Å². The van der Waals surface area contributed by atoms with E-state index < -0.39 is 12.3 Å². The minimum absolute atomic E-state index is 0.172. The van der Waals surface area contributed by atoms with Crippen LogP contribution in [0.15, 0.2) is 72.8 Å². The third kappa shape index (κ3) is 4.02. The van der Waals surface area contributed by atoms with Gasteiger partial charge in [-0.15, -0.1) is 0 Å². The molecule has 0 unspecified atom stereocenters. The Morgan fingerprint density at radius 3 is 2.41 bits per heavy atom. The number of hydrogen-bond acceptors (Lipinski definition) is 3. The number of benzene rings is 3. The number of amides is 1. The Hall–Kier alpha value is -2.37. The van der Waals surface area contributed by atoms with Crippen molar-refractivity contribution in [3.05, 3.63) is 99.5 Å². The van der Waals surface area contributed by atoms with Gasteiger partial charge in [0.2, 0.25) is 0 Å². The molecule has 0 aliphatic carbocycles. The van der Waals surface area contributed by atoms with Crippen LogP contribution in [0.2, 0.25) is 10.0 Å². The molecule has 148 valence electrons. The SMILES string of the molecule is CN[C@@H]1O[C@@H](c2ccccc2Cl)c2cc(Cl)ccc2N(Cc2ccccc2)C1=O. The van der Waals surface area contributed by atoms with Crippen LogP contribution in [0.5, 0.6) is 0 Å². The number of rotatable bonds is 4. The molecular formula is C23H20Cl2N2O2. The van der Waals surface area contributed by atoms with Crippen LogP contribution < -0.4 is 10.2 Å². The lowest BCUT2D eigenvalue weighted by Gasteiger charge is -2.25. The standard InChI is InChI=1S/C23H20Cl2N2O2/c1-26-22-23(28)27(14-15-7-3-2-4-8-15)20-12-11-16(24)13-18(20)21(29-22)17-9-5-6-10-19(17)25/h2-13,21-22,26H,14H2,1H3/t21-,22+/m0/s1. The van der Waals surface area contributed by atoms with Crippen LogP contribution in [0.3, 0.4) is 0 Å². The van der Waals surface area contributed by atoms with E-state index in [-0.39, 0.29) is 5.91 Å². The second kappa shape index (κ2) is 8.56. The fraction of sp³-hybridized carbons (Fsp3) is 0.174. The van der Waals surface area contributed by atoms with Gasteiger partial charge in [0.05, 0.1) is 12.2 Å². The molecule has 4 nitrogen and oxygen atoms in total. The molecule has 0 bridgehead atoms. The van der Waals surface area contributed by atoms with Crippen molar-refractivity contribution in [2.75, 3.05) is 11.9 Å². The number of likely N-dealkylation sites (N-methyl/N-ethyl adjacent to an activating group) is 1. The van der Waals surface area contributed by atoms with Crippen molar-refractivity contribution < 1.29 is 9.53 Å². The second-order valence-corrected chi connectivity index (χ2v) is 7.66. The zero-order chi connectivity index (χ0) is 20.4. The first-order valence-corrected chi connectivity index (χ1v) is 10.1. The summed E-state index contributed by atoms with van der Waals surface area (Å²) in [5, 5.41) is 4.13. The van der Waals surface area contributed by atoms with Crippen LogP contribution >= 0.6 is 23.2 Å². The van der Waals surface area contributed by atoms with E-state index in [0.29, 0.717) is 16.6 Å². The Kier molecular flexibility index (Phi) is 5.88. The lowest BCUT2D eigenvalue weighted by Crippen LogP contribution is -2.45. The third-order valence-electron chi connectivity index (χ3n) is 4.96. The van der Waals surface area contributed by atoms with E-state index in [2.05, 4.69) is 5.32 Å². The summed E-state index contributed by atoms with van der Waals surface area (Å²) in [4.78, 5) is 15.1. The molecule has 3 aromatic carbocycles. The van der Waals surface area contributed by atoms with Gasteiger partial charge >= 0.3 is 0 Å². The number of hydrogen-bond donors (Lipinski definition) is 1. The molecule has 1 amide bonds. The van der Waals surface area contributed by atoms with E-state index >= 15 is 0 Å². The summed E-state index contributed by atoms with van der Waals surface area (Å²) in [7, 11) is 1.70. The van der Waals surface area contributed by atoms with Crippen molar-refractivity contribution >= 4 is 34.8 Å². The second-order valence-electron chi connectivity index (χ2n) is 6.82. The van der Waals surface area contributed by atoms with Gasteiger partial charge < -0.3 is 9.64 Å². The summed E-state index contributed by atoms with van der Waals surface area (Å²) in [5.41, 5.74) is 3.36. The first-order valence-electron chi connectivity index (χ1n) is 9.30. The predicted octanol–water partition coefficient (Wildman–Crippen LogP) is 5.19. The minimum Gasteiger partial charge on any atom is -0.341 e. The molecule has 0 fully saturated rings. The summed E-state index contributed by atoms with van der Waals surface area (Å²) >= 11 is 12.8. The molecule has 0 spiro atoms. The number of halogens is 2. The molecule has 1 aliphatic rings. The first kappa shape index (κ1) is 19.9. The van der Waals surface area contributed by atoms with Gasteiger partial charge in [-0.05, 0) is 36.9 Å². The summed E-state index contributed by atoms with van der Waals surface area (Å²) in [6.45, 7) is 0.422. The Morgan fingerprint density at radius 1 is 0.966 bits per heavy atom. The maximum atomic E-state index is 13.4. The number of nitrogens with zero attached hydrogens (tertiary/aromatic N) is 1. The molecule has 0 radical (unpaired) electrons. The van der Waals surface area contributed by atoms with E-state index in [9.17, 15) is 4.79 Å². The topological polar surface area (TPSA) is 41.6 Å². The Morgan fingerprint density at radius 2 is 1.69 bits per heavy atom. The Labute approximate surface area is 180 Å². The van der Waals surface area contributed by atoms with Gasteiger partial charge in [-0.1, -0.05) is 71.7 Å². The molecule has 2 atom stereocenters. The van der Waals surface area contributed by atoms with E-state index in [1.807, 2.05) is 66.7 Å². The summed E-state index contributed by atoms with van der Waals surface area (Å²) in [6.07, 6.45) is -1.37. The number of nitrogens with one attached hydrogen (secondary N) is 1. The van der Waals surface area contributed by atoms with Crippen LogP contribution in [0, 0.1) is 0 Å². The fourth-order valence-electron chi connectivity index (χ4n) is 3.56. The molecule has 1 N–H and O–H groups in total. The van der Waals surface area contributed by atoms with E-state index in [1.54, 1.807) is 18.0 Å². The van der Waals surface area contributed by atoms with E-state index in [1.165, 1.54) is 0 Å². The highest BCUT2D eigenvalue weighted by molar-refractivity contribution is 6.31. The normalized spacial score (nSPS) is 19.0. The van der Waals surface area contributed by atoms with Crippen molar-refractivity contribution in [1.82, 2.24) is 5.32 Å². The molecule has 29 heavy (non-hydrogen) atoms. The molecule has 4 rings (SSSR count). The number of anilines is 1. The lowest BCUT2D eigenvalue weighted by molar-refractivity contribution is -0.134. The Bertz CT molecular complexity index is 1030. The molecule has 1 heterocycles. The monoisotopic (exact) mass is 426 g/mol. The molecule has 1 aliphatic heterocycles. The summed E-state index contributed by atoms with van der Waals surface area (Å²) in [6, 6.07) is 22.8. The van der Waals surface area contributed by atoms with Crippen LogP contribution in [0.25, 0.3) is 0 Å². The number of ether oxygens (including phenoxy) is 1. The van der Waals surface area contributed by atoms with E-state index in [0.717, 1.165) is 22.4 Å². The van der Waals surface area contributed by atoms with Gasteiger partial charge in [0.1, 0.15) is 6.10 Å². The average Bonchev–Trinajstić information content (AvgIpc) is 2.84. The van der Waals surface area contributed by atoms with Crippen LogP contribution in [-0.4, -0.2) is 19.2 Å². The van der Waals surface area contributed by atoms with Crippen LogP contribution in [0.1, 0.15) is 22.8 Å². The highest BCUT2D eigenvalue weighted by atomic mass is 35.5. The molecule has 0 aromatic heterocycles. The van der Waals surface area contributed by atoms with Gasteiger partial charge in [-0.2, -0.15) is 0 Å². The smallest absolute Gasteiger partial charge is 0.271 e. The molecule has 0 saturated carbocycles. The molecule has 6 heteroatoms. The predicted molar refractivity (Wildman–Crippen MR) is 116 cm³/mol. The quantitative estimate of drug-likeness (QED) is 0.623. The van der Waals surface area contributed by atoms with Gasteiger partial charge in [0.25, 0.3) is 5.91 Å². The molecule has 0 saturated heterocycles. The van der Waals surface area contributed by atoms with Crippen molar-refractivity contribution in [3.8, 4) is 0 Å². The highest BCUT2D eigenvalue weighted by Gasteiger charge is 2.36. The lowest BCUT2D eigenvalue weighted by atomic mass is 9.99. The highest BCUT2D eigenvalue weighted by Crippen LogP contribution is 2.41. The molecule has 3 aromatic rings. The van der Waals surface area contributed by atoms with Crippen LogP contribution in [0.4, 0.5) is 5.69 Å². The molecular weight excluding hydrogens is 407 g/mol.